The van der Waals surface area contributed by atoms with Gasteiger partial charge in [-0.1, -0.05) is 18.2 Å². The average molecular weight is 425 g/mol. The molecule has 2 aromatic carbocycles. The molecule has 150 valence electrons. The second kappa shape index (κ2) is 7.48. The topological polar surface area (TPSA) is 114 Å². The van der Waals surface area contributed by atoms with E-state index < -0.39 is 34.2 Å². The van der Waals surface area contributed by atoms with Crippen LogP contribution in [-0.4, -0.2) is 26.7 Å². The van der Waals surface area contributed by atoms with Crippen LogP contribution in [0, 0.1) is 15.9 Å². The van der Waals surface area contributed by atoms with Gasteiger partial charge in [0.15, 0.2) is 5.13 Å². The Hall–Kier alpha value is -3.92. The summed E-state index contributed by atoms with van der Waals surface area (Å²) < 4.78 is 14.6. The van der Waals surface area contributed by atoms with E-state index in [-0.39, 0.29) is 27.5 Å². The number of aromatic nitrogens is 1. The number of rotatable bonds is 4. The fourth-order valence-electron chi connectivity index (χ4n) is 3.25. The lowest BCUT2D eigenvalue weighted by Crippen LogP contribution is -2.29. The number of amides is 1. The first-order valence-corrected chi connectivity index (χ1v) is 9.48. The molecule has 0 bridgehead atoms. The molecule has 8 nitrogen and oxygen atoms in total. The molecule has 30 heavy (non-hydrogen) atoms. The maximum Gasteiger partial charge on any atom is 0.301 e. The van der Waals surface area contributed by atoms with Crippen LogP contribution in [0.15, 0.2) is 65.7 Å². The first-order valence-electron chi connectivity index (χ1n) is 8.60. The maximum absolute atomic E-state index is 14.6. The summed E-state index contributed by atoms with van der Waals surface area (Å²) in [5, 5.41) is 23.5. The molecule has 1 fully saturated rings. The summed E-state index contributed by atoms with van der Waals surface area (Å²) in [6.07, 6.45) is 1.44. The van der Waals surface area contributed by atoms with Crippen molar-refractivity contribution in [3.8, 4) is 0 Å². The van der Waals surface area contributed by atoms with Crippen LogP contribution in [0.4, 0.5) is 15.2 Å². The summed E-state index contributed by atoms with van der Waals surface area (Å²) in [6.45, 7) is 0. The van der Waals surface area contributed by atoms with Gasteiger partial charge in [-0.15, -0.1) is 11.3 Å². The van der Waals surface area contributed by atoms with E-state index in [2.05, 4.69) is 4.98 Å². The van der Waals surface area contributed by atoms with E-state index in [1.54, 1.807) is 11.4 Å². The van der Waals surface area contributed by atoms with Crippen molar-refractivity contribution >= 4 is 39.6 Å². The number of thiazole rings is 1. The van der Waals surface area contributed by atoms with Crippen LogP contribution in [0.25, 0.3) is 5.76 Å². The number of aliphatic hydroxyl groups is 1. The molecule has 4 rings (SSSR count). The van der Waals surface area contributed by atoms with Crippen LogP contribution in [-0.2, 0) is 9.59 Å². The number of anilines is 1. The van der Waals surface area contributed by atoms with Crippen molar-refractivity contribution in [3.05, 3.63) is 92.7 Å². The van der Waals surface area contributed by atoms with Crippen molar-refractivity contribution in [2.75, 3.05) is 4.90 Å². The number of halogens is 1. The highest BCUT2D eigenvalue weighted by molar-refractivity contribution is 7.14. The molecule has 0 unspecified atom stereocenters. The normalized spacial score (nSPS) is 18.0. The standard InChI is InChI=1S/C20H12FN3O5S/c21-14-4-2-1-3-13(14)16-15(17(25)11-5-7-12(8-6-11)24(28)29)18(26)19(27)23(16)20-22-9-10-30-20/h1-10,16,25H/b17-15+/t16-/m0/s1. The smallest absolute Gasteiger partial charge is 0.301 e. The molecule has 0 radical (unpaired) electrons. The summed E-state index contributed by atoms with van der Waals surface area (Å²) in [6, 6.07) is 9.18. The quantitative estimate of drug-likeness (QED) is 0.224. The number of benzene rings is 2. The molecule has 1 saturated heterocycles. The van der Waals surface area contributed by atoms with Gasteiger partial charge in [0.25, 0.3) is 11.5 Å². The number of non-ortho nitro benzene ring substituents is 1. The van der Waals surface area contributed by atoms with E-state index in [4.69, 9.17) is 0 Å². The Morgan fingerprint density at radius 3 is 2.47 bits per heavy atom. The third-order valence-corrected chi connectivity index (χ3v) is 5.39. The minimum atomic E-state index is -1.24. The number of Topliss-reactive ketones (excluding diaryl/α,β-unsaturated/α-hetero) is 1. The van der Waals surface area contributed by atoms with Crippen LogP contribution < -0.4 is 4.90 Å². The Morgan fingerprint density at radius 2 is 1.87 bits per heavy atom. The number of aliphatic hydroxyl groups excluding tert-OH is 1. The first-order chi connectivity index (χ1) is 14.4. The van der Waals surface area contributed by atoms with Gasteiger partial charge in [-0.25, -0.2) is 9.37 Å². The summed E-state index contributed by atoms with van der Waals surface area (Å²) in [5.41, 5.74) is -0.441. The highest BCUT2D eigenvalue weighted by atomic mass is 32.1. The van der Waals surface area contributed by atoms with Crippen LogP contribution >= 0.6 is 11.3 Å². The minimum Gasteiger partial charge on any atom is -0.507 e. The van der Waals surface area contributed by atoms with Gasteiger partial charge in [-0.05, 0) is 18.2 Å². The van der Waals surface area contributed by atoms with Crippen molar-refractivity contribution in [1.29, 1.82) is 0 Å². The van der Waals surface area contributed by atoms with Gasteiger partial charge in [0.1, 0.15) is 17.6 Å². The molecule has 1 atom stereocenters. The summed E-state index contributed by atoms with van der Waals surface area (Å²) in [5.74, 6) is -3.19. The Kier molecular flexibility index (Phi) is 4.84. The van der Waals surface area contributed by atoms with Crippen LogP contribution in [0.1, 0.15) is 17.2 Å². The molecule has 0 spiro atoms. The van der Waals surface area contributed by atoms with Crippen molar-refractivity contribution in [2.45, 2.75) is 6.04 Å². The number of nitro groups is 1. The molecule has 0 aliphatic carbocycles. The van der Waals surface area contributed by atoms with E-state index in [1.807, 2.05) is 0 Å². The Labute approximate surface area is 172 Å². The summed E-state index contributed by atoms with van der Waals surface area (Å²) in [7, 11) is 0. The number of nitrogens with zero attached hydrogens (tertiary/aromatic N) is 3. The molecule has 10 heteroatoms. The van der Waals surface area contributed by atoms with Crippen molar-refractivity contribution in [2.24, 2.45) is 0 Å². The molecule has 1 amide bonds. The van der Waals surface area contributed by atoms with E-state index >= 15 is 0 Å². The van der Waals surface area contributed by atoms with Crippen molar-refractivity contribution < 1.29 is 24.0 Å². The fourth-order valence-corrected chi connectivity index (χ4v) is 3.92. The molecular formula is C20H12FN3O5S. The van der Waals surface area contributed by atoms with Gasteiger partial charge < -0.3 is 5.11 Å². The van der Waals surface area contributed by atoms with E-state index in [0.29, 0.717) is 0 Å². The predicted octanol–water partition coefficient (Wildman–Crippen LogP) is 3.82. The van der Waals surface area contributed by atoms with E-state index in [0.717, 1.165) is 28.4 Å². The van der Waals surface area contributed by atoms with Gasteiger partial charge in [0, 0.05) is 34.8 Å². The van der Waals surface area contributed by atoms with Gasteiger partial charge in [0.05, 0.1) is 10.5 Å². The number of carbonyl (C=O) groups is 2. The number of carbonyl (C=O) groups excluding carboxylic acids is 2. The minimum absolute atomic E-state index is 0.00959. The molecule has 3 aromatic rings. The lowest BCUT2D eigenvalue weighted by atomic mass is 9.95. The van der Waals surface area contributed by atoms with Crippen LogP contribution in [0.3, 0.4) is 0 Å². The van der Waals surface area contributed by atoms with Crippen molar-refractivity contribution in [1.82, 2.24) is 4.98 Å². The van der Waals surface area contributed by atoms with Gasteiger partial charge in [-0.3, -0.25) is 24.6 Å². The van der Waals surface area contributed by atoms with Crippen LogP contribution in [0.5, 0.6) is 0 Å². The number of hydrogen-bond acceptors (Lipinski definition) is 7. The van der Waals surface area contributed by atoms with Crippen LogP contribution in [0.2, 0.25) is 0 Å². The largest absolute Gasteiger partial charge is 0.507 e. The summed E-state index contributed by atoms with van der Waals surface area (Å²) in [4.78, 5) is 41.0. The van der Waals surface area contributed by atoms with E-state index in [1.165, 1.54) is 36.5 Å². The Morgan fingerprint density at radius 1 is 1.17 bits per heavy atom. The fraction of sp³-hybridized carbons (Fsp3) is 0.0500. The maximum atomic E-state index is 14.6. The first kappa shape index (κ1) is 19.4. The van der Waals surface area contributed by atoms with Gasteiger partial charge >= 0.3 is 5.91 Å². The monoisotopic (exact) mass is 425 g/mol. The highest BCUT2D eigenvalue weighted by Gasteiger charge is 2.48. The molecular weight excluding hydrogens is 413 g/mol. The number of hydrogen-bond donors (Lipinski definition) is 1. The number of nitro benzene ring substituents is 1. The molecule has 1 aliphatic heterocycles. The molecule has 1 aromatic heterocycles. The SMILES string of the molecule is O=C1C(=O)N(c2nccs2)[C@@H](c2ccccc2F)/C1=C(\O)c1ccc([N+](=O)[O-])cc1. The third kappa shape index (κ3) is 3.12. The molecule has 0 saturated carbocycles. The van der Waals surface area contributed by atoms with Crippen molar-refractivity contribution in [3.63, 3.8) is 0 Å². The third-order valence-electron chi connectivity index (χ3n) is 4.62. The van der Waals surface area contributed by atoms with E-state index in [9.17, 15) is 29.2 Å². The zero-order valence-corrected chi connectivity index (χ0v) is 15.9. The Balaban J connectivity index is 1.93. The summed E-state index contributed by atoms with van der Waals surface area (Å²) >= 11 is 1.09. The molecule has 1 aliphatic rings. The zero-order chi connectivity index (χ0) is 21.4. The number of ketones is 1. The van der Waals surface area contributed by atoms with Gasteiger partial charge in [0.2, 0.25) is 0 Å². The molecule has 2 heterocycles. The second-order valence-electron chi connectivity index (χ2n) is 6.31. The highest BCUT2D eigenvalue weighted by Crippen LogP contribution is 2.43. The second-order valence-corrected chi connectivity index (χ2v) is 7.18. The average Bonchev–Trinajstić information content (AvgIpc) is 3.35. The molecule has 1 N–H and O–H groups in total. The lowest BCUT2D eigenvalue weighted by Gasteiger charge is -2.23. The zero-order valence-electron chi connectivity index (χ0n) is 15.1. The predicted molar refractivity (Wildman–Crippen MR) is 106 cm³/mol. The van der Waals surface area contributed by atoms with Gasteiger partial charge in [-0.2, -0.15) is 0 Å². The Bertz CT molecular complexity index is 1190. The lowest BCUT2D eigenvalue weighted by molar-refractivity contribution is -0.384.